The largest absolute Gasteiger partial charge is 0.331 e. The third kappa shape index (κ3) is 5.62. The van der Waals surface area contributed by atoms with E-state index in [0.29, 0.717) is 24.7 Å². The van der Waals surface area contributed by atoms with Gasteiger partial charge in [-0.2, -0.15) is 10.2 Å². The lowest BCUT2D eigenvalue weighted by molar-refractivity contribution is -0.139. The van der Waals surface area contributed by atoms with Gasteiger partial charge in [0.25, 0.3) is 0 Å². The molecule has 0 saturated heterocycles. The molecule has 2 amide bonds. The summed E-state index contributed by atoms with van der Waals surface area (Å²) in [5.41, 5.74) is 10.4. The molecule has 0 radical (unpaired) electrons. The summed E-state index contributed by atoms with van der Waals surface area (Å²) < 4.78 is 0. The lowest BCUT2D eigenvalue weighted by Gasteiger charge is -2.22. The summed E-state index contributed by atoms with van der Waals surface area (Å²) in [7, 11) is 0. The topological polar surface area (TPSA) is 82.9 Å². The van der Waals surface area contributed by atoms with Gasteiger partial charge in [-0.3, -0.25) is 9.59 Å². The molecule has 2 N–H and O–H groups in total. The van der Waals surface area contributed by atoms with Crippen LogP contribution in [0.5, 0.6) is 0 Å². The van der Waals surface area contributed by atoms with Crippen molar-refractivity contribution in [2.24, 2.45) is 22.0 Å². The van der Waals surface area contributed by atoms with Gasteiger partial charge < -0.3 is 0 Å². The van der Waals surface area contributed by atoms with Crippen molar-refractivity contribution in [2.45, 2.75) is 53.4 Å². The molecule has 0 aliphatic heterocycles. The van der Waals surface area contributed by atoms with E-state index in [4.69, 9.17) is 0 Å². The van der Waals surface area contributed by atoms with Gasteiger partial charge >= 0.3 is 11.8 Å². The number of amides is 2. The van der Waals surface area contributed by atoms with E-state index in [1.54, 1.807) is 0 Å². The van der Waals surface area contributed by atoms with Crippen molar-refractivity contribution in [2.75, 3.05) is 0 Å². The third-order valence-electron chi connectivity index (χ3n) is 5.39. The Morgan fingerprint density at radius 2 is 1.21 bits per heavy atom. The van der Waals surface area contributed by atoms with E-state index in [-0.39, 0.29) is 0 Å². The number of allylic oxidation sites excluding steroid dienone is 6. The molecule has 2 aliphatic rings. The molecule has 0 aromatic rings. The van der Waals surface area contributed by atoms with Crippen LogP contribution in [0, 0.1) is 11.8 Å². The molecule has 28 heavy (non-hydrogen) atoms. The minimum Gasteiger partial charge on any atom is -0.262 e. The highest BCUT2D eigenvalue weighted by Crippen LogP contribution is 2.27. The second-order valence-corrected chi connectivity index (χ2v) is 7.74. The van der Waals surface area contributed by atoms with Crippen molar-refractivity contribution in [3.05, 3.63) is 47.6 Å². The fraction of sp³-hybridized carbons (Fsp3) is 0.455. The smallest absolute Gasteiger partial charge is 0.262 e. The minimum atomic E-state index is -0.837. The number of hydrazone groups is 2. The van der Waals surface area contributed by atoms with Crippen molar-refractivity contribution in [1.29, 1.82) is 0 Å². The van der Waals surface area contributed by atoms with Crippen LogP contribution >= 0.6 is 0 Å². The fourth-order valence-electron chi connectivity index (χ4n) is 3.19. The van der Waals surface area contributed by atoms with Crippen LogP contribution in [-0.2, 0) is 9.59 Å². The maximum atomic E-state index is 12.1. The van der Waals surface area contributed by atoms with Crippen LogP contribution < -0.4 is 10.9 Å². The first-order valence-corrected chi connectivity index (χ1v) is 9.57. The van der Waals surface area contributed by atoms with E-state index in [9.17, 15) is 9.59 Å². The molecule has 0 aromatic carbocycles. The summed E-state index contributed by atoms with van der Waals surface area (Å²) in [5, 5.41) is 8.28. The molecule has 0 bridgehead atoms. The average Bonchev–Trinajstić information content (AvgIpc) is 2.65. The van der Waals surface area contributed by atoms with E-state index in [1.165, 1.54) is 0 Å². The molecular formula is C22H30N4O2. The van der Waals surface area contributed by atoms with Gasteiger partial charge in [0.15, 0.2) is 0 Å². The first kappa shape index (κ1) is 21.5. The van der Waals surface area contributed by atoms with E-state index in [0.717, 1.165) is 46.6 Å². The summed E-state index contributed by atoms with van der Waals surface area (Å²) >= 11 is 0. The van der Waals surface area contributed by atoms with Crippen LogP contribution in [0.2, 0.25) is 0 Å². The number of hydrogen-bond acceptors (Lipinski definition) is 4. The zero-order chi connectivity index (χ0) is 20.8. The number of carbonyl (C=O) groups is 2. The Hall–Kier alpha value is -2.76. The van der Waals surface area contributed by atoms with Crippen molar-refractivity contribution in [1.82, 2.24) is 10.9 Å². The van der Waals surface area contributed by atoms with Gasteiger partial charge in [-0.25, -0.2) is 10.9 Å². The van der Waals surface area contributed by atoms with Gasteiger partial charge in [-0.15, -0.1) is 0 Å². The summed E-state index contributed by atoms with van der Waals surface area (Å²) in [6.45, 7) is 15.9. The molecule has 0 heterocycles. The SMILES string of the molecule is C=C(C)[C@@H]1CC=C(C)C(=NNC(=O)C(=O)NN=C2C[C@H](C(=C)C)CC=C2C)C1. The summed E-state index contributed by atoms with van der Waals surface area (Å²) in [6, 6.07) is 0. The predicted molar refractivity (Wildman–Crippen MR) is 114 cm³/mol. The molecule has 0 fully saturated rings. The van der Waals surface area contributed by atoms with Gasteiger partial charge in [-0.05, 0) is 76.4 Å². The lowest BCUT2D eigenvalue weighted by atomic mass is 9.85. The van der Waals surface area contributed by atoms with Crippen LogP contribution in [0.25, 0.3) is 0 Å². The Balaban J connectivity index is 1.97. The third-order valence-corrected chi connectivity index (χ3v) is 5.39. The molecule has 0 spiro atoms. The van der Waals surface area contributed by atoms with Crippen LogP contribution in [-0.4, -0.2) is 23.2 Å². The summed E-state index contributed by atoms with van der Waals surface area (Å²) in [4.78, 5) is 24.1. The molecule has 0 unspecified atom stereocenters. The molecular weight excluding hydrogens is 352 g/mol. The first-order valence-electron chi connectivity index (χ1n) is 9.57. The Kier molecular flexibility index (Phi) is 7.26. The molecule has 0 aromatic heterocycles. The highest BCUT2D eigenvalue weighted by Gasteiger charge is 2.21. The van der Waals surface area contributed by atoms with E-state index >= 15 is 0 Å². The molecule has 6 heteroatoms. The second-order valence-electron chi connectivity index (χ2n) is 7.74. The van der Waals surface area contributed by atoms with Crippen molar-refractivity contribution >= 4 is 23.2 Å². The standard InChI is InChI=1S/C22H30N4O2/c1-13(2)17-9-7-15(5)19(11-17)23-25-21(27)22(28)26-24-20-12-18(14(3)4)10-8-16(20)6/h7-8,17-18H,1,3,9-12H2,2,4-6H3,(H,25,27)(H,26,28)/t17-,18-/m1/s1. The monoisotopic (exact) mass is 382 g/mol. The summed E-state index contributed by atoms with van der Waals surface area (Å²) in [5.74, 6) is -1.06. The first-order chi connectivity index (χ1) is 13.2. The molecule has 150 valence electrons. The zero-order valence-electron chi connectivity index (χ0n) is 17.3. The van der Waals surface area contributed by atoms with Crippen LogP contribution in [0.4, 0.5) is 0 Å². The maximum absolute atomic E-state index is 12.1. The fourth-order valence-corrected chi connectivity index (χ4v) is 3.19. The van der Waals surface area contributed by atoms with Gasteiger partial charge in [0.1, 0.15) is 0 Å². The van der Waals surface area contributed by atoms with E-state index in [2.05, 4.69) is 46.4 Å². The molecule has 0 saturated carbocycles. The molecule has 2 rings (SSSR count). The number of nitrogens with zero attached hydrogens (tertiary/aromatic N) is 2. The lowest BCUT2D eigenvalue weighted by Crippen LogP contribution is -2.37. The van der Waals surface area contributed by atoms with Gasteiger partial charge in [-0.1, -0.05) is 36.5 Å². The van der Waals surface area contributed by atoms with Crippen LogP contribution in [0.3, 0.4) is 0 Å². The number of nitrogens with one attached hydrogen (secondary N) is 2. The Morgan fingerprint density at radius 3 is 1.54 bits per heavy atom. The Bertz CT molecular complexity index is 746. The number of hydrogen-bond donors (Lipinski definition) is 2. The maximum Gasteiger partial charge on any atom is 0.331 e. The average molecular weight is 383 g/mol. The van der Waals surface area contributed by atoms with Crippen molar-refractivity contribution in [3.8, 4) is 0 Å². The quantitative estimate of drug-likeness (QED) is 0.440. The van der Waals surface area contributed by atoms with Gasteiger partial charge in [0, 0.05) is 0 Å². The number of carbonyl (C=O) groups excluding carboxylic acids is 2. The van der Waals surface area contributed by atoms with Gasteiger partial charge in [0.05, 0.1) is 11.4 Å². The zero-order valence-corrected chi connectivity index (χ0v) is 17.3. The van der Waals surface area contributed by atoms with Crippen molar-refractivity contribution in [3.63, 3.8) is 0 Å². The van der Waals surface area contributed by atoms with Crippen molar-refractivity contribution < 1.29 is 9.59 Å². The van der Waals surface area contributed by atoms with E-state index < -0.39 is 11.8 Å². The van der Waals surface area contributed by atoms with Gasteiger partial charge in [0.2, 0.25) is 0 Å². The Labute approximate surface area is 167 Å². The van der Waals surface area contributed by atoms with Crippen LogP contribution in [0.15, 0.2) is 57.8 Å². The predicted octanol–water partition coefficient (Wildman–Crippen LogP) is 3.80. The highest BCUT2D eigenvalue weighted by molar-refractivity contribution is 6.35. The second kappa shape index (κ2) is 9.44. The molecule has 2 aliphatic carbocycles. The normalized spacial score (nSPS) is 25.0. The highest BCUT2D eigenvalue weighted by atomic mass is 16.2. The molecule has 2 atom stereocenters. The summed E-state index contributed by atoms with van der Waals surface area (Å²) in [6.07, 6.45) is 7.41. The Morgan fingerprint density at radius 1 is 0.857 bits per heavy atom. The minimum absolute atomic E-state index is 0.307. The number of rotatable bonds is 4. The molecule has 6 nitrogen and oxygen atoms in total. The van der Waals surface area contributed by atoms with Crippen LogP contribution in [0.1, 0.15) is 53.4 Å². The van der Waals surface area contributed by atoms with E-state index in [1.807, 2.05) is 27.7 Å².